The Kier molecular flexibility index (Phi) is 3.81. The van der Waals surface area contributed by atoms with Gasteiger partial charge in [-0.2, -0.15) is 4.98 Å². The number of halogens is 1. The van der Waals surface area contributed by atoms with E-state index in [1.807, 2.05) is 0 Å². The third kappa shape index (κ3) is 2.40. The number of nitrogens with two attached hydrogens (primary N) is 1. The minimum Gasteiger partial charge on any atom is -0.338 e. The second kappa shape index (κ2) is 5.24. The second-order valence-electron chi connectivity index (χ2n) is 7.92. The molecule has 4 bridgehead atoms. The van der Waals surface area contributed by atoms with Gasteiger partial charge in [-0.15, -0.1) is 12.4 Å². The zero-order chi connectivity index (χ0) is 13.9. The number of hydrogen-bond donors (Lipinski definition) is 1. The van der Waals surface area contributed by atoms with Gasteiger partial charge in [0.25, 0.3) is 0 Å². The molecule has 1 heterocycles. The van der Waals surface area contributed by atoms with Gasteiger partial charge in [0, 0.05) is 5.41 Å². The van der Waals surface area contributed by atoms with E-state index in [4.69, 9.17) is 15.2 Å². The molecule has 4 aliphatic carbocycles. The standard InChI is InChI=1S/C16H25N3O.ClH/c1-9(2)13(17)14-18-15(19-20-14)16-6-10-3-11(7-16)5-12(4-10)8-16;/h9-13H,3-8,17H2,1-2H3;1H. The molecule has 1 aromatic heterocycles. The molecule has 0 spiro atoms. The van der Waals surface area contributed by atoms with Crippen LogP contribution < -0.4 is 5.73 Å². The minimum absolute atomic E-state index is 0. The largest absolute Gasteiger partial charge is 0.338 e. The molecule has 0 amide bonds. The third-order valence-electron chi connectivity index (χ3n) is 5.96. The smallest absolute Gasteiger partial charge is 0.243 e. The van der Waals surface area contributed by atoms with Crippen molar-refractivity contribution >= 4 is 12.4 Å². The van der Waals surface area contributed by atoms with Gasteiger partial charge in [-0.3, -0.25) is 0 Å². The van der Waals surface area contributed by atoms with E-state index in [0.717, 1.165) is 23.6 Å². The monoisotopic (exact) mass is 311 g/mol. The summed E-state index contributed by atoms with van der Waals surface area (Å²) in [5, 5.41) is 4.34. The van der Waals surface area contributed by atoms with Crippen molar-refractivity contribution in [1.29, 1.82) is 0 Å². The van der Waals surface area contributed by atoms with E-state index in [1.54, 1.807) is 0 Å². The van der Waals surface area contributed by atoms with Crippen LogP contribution in [0.5, 0.6) is 0 Å². The van der Waals surface area contributed by atoms with Crippen LogP contribution >= 0.6 is 12.4 Å². The molecule has 4 aliphatic rings. The first-order chi connectivity index (χ1) is 9.56. The van der Waals surface area contributed by atoms with E-state index < -0.39 is 0 Å². The predicted molar refractivity (Wildman–Crippen MR) is 83.2 cm³/mol. The fourth-order valence-corrected chi connectivity index (χ4v) is 5.26. The average molecular weight is 312 g/mol. The average Bonchev–Trinajstić information content (AvgIpc) is 2.86. The lowest BCUT2D eigenvalue weighted by atomic mass is 9.49. The molecule has 4 nitrogen and oxygen atoms in total. The van der Waals surface area contributed by atoms with Crippen LogP contribution in [0.1, 0.15) is 70.1 Å². The molecule has 2 N–H and O–H groups in total. The molecule has 4 saturated carbocycles. The summed E-state index contributed by atoms with van der Waals surface area (Å²) in [5.74, 6) is 4.64. The van der Waals surface area contributed by atoms with Gasteiger partial charge in [-0.25, -0.2) is 0 Å². The van der Waals surface area contributed by atoms with Crippen LogP contribution in [0.25, 0.3) is 0 Å². The van der Waals surface area contributed by atoms with Crippen molar-refractivity contribution in [3.05, 3.63) is 11.7 Å². The van der Waals surface area contributed by atoms with Gasteiger partial charge in [0.15, 0.2) is 5.82 Å². The number of rotatable bonds is 3. The van der Waals surface area contributed by atoms with Crippen LogP contribution in [0.3, 0.4) is 0 Å². The van der Waals surface area contributed by atoms with E-state index in [0.29, 0.717) is 11.8 Å². The van der Waals surface area contributed by atoms with Gasteiger partial charge in [-0.1, -0.05) is 19.0 Å². The highest BCUT2D eigenvalue weighted by Crippen LogP contribution is 2.60. The Morgan fingerprint density at radius 2 is 1.62 bits per heavy atom. The van der Waals surface area contributed by atoms with Crippen LogP contribution in [0.2, 0.25) is 0 Å². The first-order valence-electron chi connectivity index (χ1n) is 8.15. The van der Waals surface area contributed by atoms with Crippen molar-refractivity contribution in [2.75, 3.05) is 0 Å². The molecule has 0 radical (unpaired) electrons. The van der Waals surface area contributed by atoms with E-state index >= 15 is 0 Å². The van der Waals surface area contributed by atoms with Crippen LogP contribution in [0.15, 0.2) is 4.52 Å². The molecule has 0 aliphatic heterocycles. The lowest BCUT2D eigenvalue weighted by Crippen LogP contribution is -2.49. The van der Waals surface area contributed by atoms with Gasteiger partial charge in [0.1, 0.15) is 0 Å². The SMILES string of the molecule is CC(C)C(N)c1nc(C23CC4CC(CC(C4)C2)C3)no1.Cl. The molecule has 4 fully saturated rings. The molecule has 5 rings (SSSR count). The van der Waals surface area contributed by atoms with E-state index in [2.05, 4.69) is 19.0 Å². The summed E-state index contributed by atoms with van der Waals surface area (Å²) in [6, 6.07) is -0.134. The molecule has 0 aromatic carbocycles. The van der Waals surface area contributed by atoms with Gasteiger partial charge < -0.3 is 10.3 Å². The summed E-state index contributed by atoms with van der Waals surface area (Å²) in [5.41, 5.74) is 6.36. The highest BCUT2D eigenvalue weighted by Gasteiger charge is 2.53. The Morgan fingerprint density at radius 3 is 2.10 bits per heavy atom. The first-order valence-corrected chi connectivity index (χ1v) is 8.15. The van der Waals surface area contributed by atoms with Crippen LogP contribution in [-0.2, 0) is 5.41 Å². The quantitative estimate of drug-likeness (QED) is 0.926. The maximum Gasteiger partial charge on any atom is 0.243 e. The Balaban J connectivity index is 0.00000132. The molecule has 118 valence electrons. The lowest BCUT2D eigenvalue weighted by molar-refractivity contribution is -0.0103. The van der Waals surface area contributed by atoms with Gasteiger partial charge in [-0.05, 0) is 62.2 Å². The molecule has 5 heteroatoms. The Labute approximate surface area is 132 Å². The highest BCUT2D eigenvalue weighted by atomic mass is 35.5. The van der Waals surface area contributed by atoms with Crippen LogP contribution in [0.4, 0.5) is 0 Å². The van der Waals surface area contributed by atoms with Crippen LogP contribution in [0, 0.1) is 23.7 Å². The van der Waals surface area contributed by atoms with Crippen molar-refractivity contribution in [3.8, 4) is 0 Å². The molecule has 1 unspecified atom stereocenters. The van der Waals surface area contributed by atoms with E-state index in [-0.39, 0.29) is 23.9 Å². The molecule has 1 aromatic rings. The van der Waals surface area contributed by atoms with Gasteiger partial charge >= 0.3 is 0 Å². The fraction of sp³-hybridized carbons (Fsp3) is 0.875. The molecular formula is C16H26ClN3O. The molecule has 0 saturated heterocycles. The molecular weight excluding hydrogens is 286 g/mol. The summed E-state index contributed by atoms with van der Waals surface area (Å²) in [4.78, 5) is 4.72. The predicted octanol–water partition coefficient (Wildman–Crippen LogP) is 3.62. The fourth-order valence-electron chi connectivity index (χ4n) is 5.26. The summed E-state index contributed by atoms with van der Waals surface area (Å²) in [6.45, 7) is 4.19. The number of hydrogen-bond acceptors (Lipinski definition) is 4. The van der Waals surface area contributed by atoms with Crippen LogP contribution in [-0.4, -0.2) is 10.1 Å². The summed E-state index contributed by atoms with van der Waals surface area (Å²) < 4.78 is 5.49. The van der Waals surface area contributed by atoms with Crippen molar-refractivity contribution in [1.82, 2.24) is 10.1 Å². The Bertz CT molecular complexity index is 478. The van der Waals surface area contributed by atoms with Crippen molar-refractivity contribution in [2.45, 2.75) is 63.8 Å². The van der Waals surface area contributed by atoms with E-state index in [1.165, 1.54) is 38.5 Å². The Morgan fingerprint density at radius 1 is 1.10 bits per heavy atom. The first kappa shape index (κ1) is 15.3. The maximum atomic E-state index is 6.15. The van der Waals surface area contributed by atoms with Gasteiger partial charge in [0.2, 0.25) is 5.89 Å². The number of nitrogens with zero attached hydrogens (tertiary/aromatic N) is 2. The zero-order valence-corrected chi connectivity index (χ0v) is 13.7. The maximum absolute atomic E-state index is 6.15. The second-order valence-corrected chi connectivity index (χ2v) is 7.92. The topological polar surface area (TPSA) is 64.9 Å². The third-order valence-corrected chi connectivity index (χ3v) is 5.96. The molecule has 21 heavy (non-hydrogen) atoms. The van der Waals surface area contributed by atoms with Gasteiger partial charge in [0.05, 0.1) is 6.04 Å². The highest BCUT2D eigenvalue weighted by molar-refractivity contribution is 5.85. The van der Waals surface area contributed by atoms with Crippen molar-refractivity contribution in [3.63, 3.8) is 0 Å². The summed E-state index contributed by atoms with van der Waals surface area (Å²) in [7, 11) is 0. The minimum atomic E-state index is -0.134. The van der Waals surface area contributed by atoms with E-state index in [9.17, 15) is 0 Å². The Hall–Kier alpha value is -0.610. The van der Waals surface area contributed by atoms with Crippen molar-refractivity contribution in [2.24, 2.45) is 29.4 Å². The molecule has 1 atom stereocenters. The zero-order valence-electron chi connectivity index (χ0n) is 12.9. The van der Waals surface area contributed by atoms with Crippen molar-refractivity contribution < 1.29 is 4.52 Å². The number of aromatic nitrogens is 2. The summed E-state index contributed by atoms with van der Waals surface area (Å²) >= 11 is 0. The normalized spacial score (nSPS) is 38.6. The lowest BCUT2D eigenvalue weighted by Gasteiger charge is -2.55. The summed E-state index contributed by atoms with van der Waals surface area (Å²) in [6.07, 6.45) is 8.14.